The van der Waals surface area contributed by atoms with E-state index in [0.717, 1.165) is 57.4 Å². The zero-order valence-electron chi connectivity index (χ0n) is 20.1. The van der Waals surface area contributed by atoms with Crippen molar-refractivity contribution >= 4 is 27.2 Å². The average Bonchev–Trinajstić information content (AvgIpc) is 3.56. The summed E-state index contributed by atoms with van der Waals surface area (Å²) in [6.07, 6.45) is 2.55. The van der Waals surface area contributed by atoms with E-state index >= 15 is 0 Å². The third-order valence-electron chi connectivity index (χ3n) is 6.47. The molecule has 1 fully saturated rings. The van der Waals surface area contributed by atoms with Gasteiger partial charge in [-0.2, -0.15) is 0 Å². The van der Waals surface area contributed by atoms with E-state index in [1.807, 2.05) is 66.7 Å². The number of thiophene rings is 1. The number of hydrogen-bond acceptors (Lipinski definition) is 6. The SMILES string of the molecule is COc1ccc(-c2sc3cc(OC)ccc3c2C(=O)c2ccc(OCCN3CCCC3)cc2)cc1. The Balaban J connectivity index is 1.43. The molecule has 0 bridgehead atoms. The van der Waals surface area contributed by atoms with Crippen molar-refractivity contribution in [1.82, 2.24) is 4.90 Å². The molecule has 1 aliphatic heterocycles. The molecule has 2 heterocycles. The second-order valence-electron chi connectivity index (χ2n) is 8.65. The van der Waals surface area contributed by atoms with Gasteiger partial charge in [-0.05, 0) is 98.2 Å². The monoisotopic (exact) mass is 487 g/mol. The van der Waals surface area contributed by atoms with Crippen LogP contribution in [0.25, 0.3) is 20.5 Å². The quantitative estimate of drug-likeness (QED) is 0.260. The Morgan fingerprint density at radius 3 is 2.20 bits per heavy atom. The molecule has 0 amide bonds. The van der Waals surface area contributed by atoms with Gasteiger partial charge in [0.25, 0.3) is 0 Å². The summed E-state index contributed by atoms with van der Waals surface area (Å²) in [6.45, 7) is 3.92. The number of carbonyl (C=O) groups is 1. The Morgan fingerprint density at radius 2 is 1.51 bits per heavy atom. The first kappa shape index (κ1) is 23.4. The van der Waals surface area contributed by atoms with E-state index in [-0.39, 0.29) is 5.78 Å². The van der Waals surface area contributed by atoms with Crippen LogP contribution in [0, 0.1) is 0 Å². The van der Waals surface area contributed by atoms with Crippen LogP contribution in [-0.4, -0.2) is 51.1 Å². The van der Waals surface area contributed by atoms with Crippen LogP contribution in [0.1, 0.15) is 28.8 Å². The van der Waals surface area contributed by atoms with Crippen molar-refractivity contribution in [2.45, 2.75) is 12.8 Å². The molecule has 0 saturated carbocycles. The van der Waals surface area contributed by atoms with Gasteiger partial charge in [-0.1, -0.05) is 0 Å². The maximum Gasteiger partial charge on any atom is 0.195 e. The Hall–Kier alpha value is -3.35. The third kappa shape index (κ3) is 5.04. The van der Waals surface area contributed by atoms with Gasteiger partial charge >= 0.3 is 0 Å². The molecule has 1 aliphatic rings. The van der Waals surface area contributed by atoms with Crippen molar-refractivity contribution in [3.63, 3.8) is 0 Å². The number of nitrogens with zero attached hydrogens (tertiary/aromatic N) is 1. The Bertz CT molecular complexity index is 1310. The number of fused-ring (bicyclic) bond motifs is 1. The predicted octanol–water partition coefficient (Wildman–Crippen LogP) is 6.29. The minimum absolute atomic E-state index is 0.00384. The van der Waals surface area contributed by atoms with E-state index in [1.54, 1.807) is 25.6 Å². The van der Waals surface area contributed by atoms with Crippen LogP contribution in [-0.2, 0) is 0 Å². The fourth-order valence-electron chi connectivity index (χ4n) is 4.52. The van der Waals surface area contributed by atoms with Gasteiger partial charge in [0.05, 0.1) is 14.2 Å². The first-order valence-corrected chi connectivity index (χ1v) is 12.7. The highest BCUT2D eigenvalue weighted by molar-refractivity contribution is 7.22. The lowest BCUT2D eigenvalue weighted by molar-refractivity contribution is 0.104. The molecule has 4 aromatic rings. The number of rotatable bonds is 9. The van der Waals surface area contributed by atoms with Crippen molar-refractivity contribution < 1.29 is 19.0 Å². The first-order valence-electron chi connectivity index (χ1n) is 11.9. The number of hydrogen-bond donors (Lipinski definition) is 0. The molecular formula is C29H29NO4S. The lowest BCUT2D eigenvalue weighted by Gasteiger charge is -2.15. The van der Waals surface area contributed by atoms with E-state index < -0.39 is 0 Å². The molecule has 0 spiro atoms. The van der Waals surface area contributed by atoms with Gasteiger partial charge in [0.2, 0.25) is 0 Å². The van der Waals surface area contributed by atoms with Gasteiger partial charge in [-0.25, -0.2) is 0 Å². The summed E-state index contributed by atoms with van der Waals surface area (Å²) in [4.78, 5) is 17.2. The average molecular weight is 488 g/mol. The molecule has 5 nitrogen and oxygen atoms in total. The predicted molar refractivity (Wildman–Crippen MR) is 141 cm³/mol. The summed E-state index contributed by atoms with van der Waals surface area (Å²) >= 11 is 1.60. The van der Waals surface area contributed by atoms with E-state index in [4.69, 9.17) is 14.2 Å². The van der Waals surface area contributed by atoms with Gasteiger partial charge in [0, 0.05) is 32.6 Å². The zero-order valence-corrected chi connectivity index (χ0v) is 20.9. The molecule has 1 aromatic heterocycles. The van der Waals surface area contributed by atoms with E-state index in [1.165, 1.54) is 12.8 Å². The van der Waals surface area contributed by atoms with Crippen LogP contribution >= 0.6 is 11.3 Å². The maximum absolute atomic E-state index is 13.8. The van der Waals surface area contributed by atoms with Crippen LogP contribution in [0.5, 0.6) is 17.2 Å². The minimum Gasteiger partial charge on any atom is -0.497 e. The molecular weight excluding hydrogens is 458 g/mol. The summed E-state index contributed by atoms with van der Waals surface area (Å²) in [5.74, 6) is 2.34. The Morgan fingerprint density at radius 1 is 0.857 bits per heavy atom. The van der Waals surface area contributed by atoms with Crippen LogP contribution in [0.15, 0.2) is 66.7 Å². The number of benzene rings is 3. The van der Waals surface area contributed by atoms with E-state index in [0.29, 0.717) is 17.7 Å². The fourth-order valence-corrected chi connectivity index (χ4v) is 5.75. The molecule has 5 rings (SSSR count). The third-order valence-corrected chi connectivity index (χ3v) is 7.67. The number of ketones is 1. The largest absolute Gasteiger partial charge is 0.497 e. The van der Waals surface area contributed by atoms with Crippen molar-refractivity contribution in [1.29, 1.82) is 0 Å². The van der Waals surface area contributed by atoms with Crippen molar-refractivity contribution in [2.24, 2.45) is 0 Å². The molecule has 0 aliphatic carbocycles. The summed E-state index contributed by atoms with van der Waals surface area (Å²) in [5.41, 5.74) is 2.33. The molecule has 180 valence electrons. The van der Waals surface area contributed by atoms with Gasteiger partial charge in [-0.3, -0.25) is 9.69 Å². The van der Waals surface area contributed by atoms with Crippen molar-refractivity contribution in [3.8, 4) is 27.7 Å². The number of likely N-dealkylation sites (tertiary alicyclic amines) is 1. The molecule has 0 unspecified atom stereocenters. The van der Waals surface area contributed by atoms with Crippen LogP contribution in [0.4, 0.5) is 0 Å². The standard InChI is InChI=1S/C29H29NO4S/c1-32-22-9-7-21(8-10-22)29-27(25-14-13-24(33-2)19-26(25)35-29)28(31)20-5-11-23(12-6-20)34-18-17-30-15-3-4-16-30/h5-14,19H,3-4,15-18H2,1-2H3. The highest BCUT2D eigenvalue weighted by atomic mass is 32.1. The fraction of sp³-hybridized carbons (Fsp3) is 0.276. The Kier molecular flexibility index (Phi) is 7.02. The lowest BCUT2D eigenvalue weighted by Crippen LogP contribution is -2.25. The minimum atomic E-state index is -0.00384. The summed E-state index contributed by atoms with van der Waals surface area (Å²) in [7, 11) is 3.30. The van der Waals surface area contributed by atoms with E-state index in [2.05, 4.69) is 4.90 Å². The number of carbonyl (C=O) groups excluding carboxylic acids is 1. The molecule has 35 heavy (non-hydrogen) atoms. The highest BCUT2D eigenvalue weighted by Crippen LogP contribution is 2.41. The second kappa shape index (κ2) is 10.5. The normalized spacial score (nSPS) is 13.8. The lowest BCUT2D eigenvalue weighted by atomic mass is 9.97. The van der Waals surface area contributed by atoms with Gasteiger partial charge in [0.1, 0.15) is 23.9 Å². The molecule has 3 aromatic carbocycles. The number of ether oxygens (including phenoxy) is 3. The van der Waals surface area contributed by atoms with Crippen molar-refractivity contribution in [2.75, 3.05) is 40.5 Å². The number of methoxy groups -OCH3 is 2. The molecule has 1 saturated heterocycles. The van der Waals surface area contributed by atoms with E-state index in [9.17, 15) is 4.79 Å². The van der Waals surface area contributed by atoms with Crippen molar-refractivity contribution in [3.05, 3.63) is 77.9 Å². The van der Waals surface area contributed by atoms with Gasteiger partial charge in [-0.15, -0.1) is 11.3 Å². The highest BCUT2D eigenvalue weighted by Gasteiger charge is 2.22. The topological polar surface area (TPSA) is 48.0 Å². The van der Waals surface area contributed by atoms with Crippen LogP contribution < -0.4 is 14.2 Å². The van der Waals surface area contributed by atoms with Crippen LogP contribution in [0.3, 0.4) is 0 Å². The molecule has 0 radical (unpaired) electrons. The van der Waals surface area contributed by atoms with Crippen LogP contribution in [0.2, 0.25) is 0 Å². The Labute approximate surface area is 209 Å². The first-order chi connectivity index (χ1) is 17.2. The van der Waals surface area contributed by atoms with Gasteiger partial charge in [0.15, 0.2) is 5.78 Å². The summed E-state index contributed by atoms with van der Waals surface area (Å²) < 4.78 is 17.7. The second-order valence-corrected chi connectivity index (χ2v) is 9.70. The molecule has 0 atom stereocenters. The zero-order chi connectivity index (χ0) is 24.2. The van der Waals surface area contributed by atoms with Gasteiger partial charge < -0.3 is 14.2 Å². The molecule has 6 heteroatoms. The maximum atomic E-state index is 13.8. The summed E-state index contributed by atoms with van der Waals surface area (Å²) in [6, 6.07) is 21.2. The summed E-state index contributed by atoms with van der Waals surface area (Å²) in [5, 5.41) is 0.928. The molecule has 0 N–H and O–H groups in total. The smallest absolute Gasteiger partial charge is 0.195 e.